The highest BCUT2D eigenvalue weighted by atomic mass is 16.3. The molecule has 0 bridgehead atoms. The van der Waals surface area contributed by atoms with Crippen molar-refractivity contribution < 1.29 is 10.2 Å². The Balaban J connectivity index is 1.69. The van der Waals surface area contributed by atoms with Crippen LogP contribution in [0.4, 0.5) is 0 Å². The molecule has 1 saturated heterocycles. The van der Waals surface area contributed by atoms with E-state index in [2.05, 4.69) is 25.1 Å². The SMILES string of the molecule is O=c1[nH]cnc2c(CCN3C[C@@H](CO)[C@@H](O)C3)[nH]nc12. The van der Waals surface area contributed by atoms with Gasteiger partial charge in [0.2, 0.25) is 0 Å². The molecule has 1 aliphatic heterocycles. The van der Waals surface area contributed by atoms with Crippen LogP contribution in [0.1, 0.15) is 5.69 Å². The number of aromatic nitrogens is 4. The number of likely N-dealkylation sites (tertiary alicyclic amines) is 1. The fraction of sp³-hybridized carbons (Fsp3) is 0.583. The minimum Gasteiger partial charge on any atom is -0.396 e. The van der Waals surface area contributed by atoms with E-state index >= 15 is 0 Å². The Morgan fingerprint density at radius 3 is 3.00 bits per heavy atom. The van der Waals surface area contributed by atoms with E-state index in [0.29, 0.717) is 30.5 Å². The highest BCUT2D eigenvalue weighted by Crippen LogP contribution is 2.17. The van der Waals surface area contributed by atoms with Gasteiger partial charge in [0.15, 0.2) is 5.52 Å². The van der Waals surface area contributed by atoms with E-state index in [4.69, 9.17) is 5.11 Å². The molecule has 8 heteroatoms. The summed E-state index contributed by atoms with van der Waals surface area (Å²) in [4.78, 5) is 20.2. The van der Waals surface area contributed by atoms with Crippen LogP contribution in [0.5, 0.6) is 0 Å². The number of β-amino-alcohol motifs (C(OH)–C–C–N with tert-alkyl or cyclic N) is 1. The van der Waals surface area contributed by atoms with Crippen molar-refractivity contribution in [2.45, 2.75) is 12.5 Å². The standard InChI is InChI=1S/C12H17N5O3/c18-5-7-3-17(4-9(7)19)2-1-8-10-11(16-15-8)12(20)14-6-13-10/h6-7,9,18-19H,1-5H2,(H,15,16)(H,13,14,20)/t7-,9-/m0/s1. The maximum Gasteiger partial charge on any atom is 0.279 e. The predicted octanol–water partition coefficient (Wildman–Crippen LogP) is -1.53. The van der Waals surface area contributed by atoms with Crippen molar-refractivity contribution in [2.75, 3.05) is 26.2 Å². The molecule has 2 aromatic heterocycles. The molecule has 108 valence electrons. The zero-order chi connectivity index (χ0) is 14.1. The van der Waals surface area contributed by atoms with E-state index in [-0.39, 0.29) is 18.1 Å². The first-order valence-corrected chi connectivity index (χ1v) is 6.61. The number of nitrogens with zero attached hydrogens (tertiary/aromatic N) is 3. The number of rotatable bonds is 4. The van der Waals surface area contributed by atoms with Gasteiger partial charge in [-0.1, -0.05) is 0 Å². The van der Waals surface area contributed by atoms with Gasteiger partial charge in [-0.05, 0) is 0 Å². The molecule has 0 saturated carbocycles. The van der Waals surface area contributed by atoms with Gasteiger partial charge in [0.1, 0.15) is 5.52 Å². The first-order valence-electron chi connectivity index (χ1n) is 6.61. The maximum absolute atomic E-state index is 11.5. The average molecular weight is 279 g/mol. The van der Waals surface area contributed by atoms with Crippen LogP contribution in [0.3, 0.4) is 0 Å². The second kappa shape index (κ2) is 5.31. The summed E-state index contributed by atoms with van der Waals surface area (Å²) in [6, 6.07) is 0. The number of hydrogen-bond donors (Lipinski definition) is 4. The molecule has 2 atom stereocenters. The normalized spacial score (nSPS) is 23.7. The number of aliphatic hydroxyl groups is 2. The molecule has 0 aliphatic carbocycles. The van der Waals surface area contributed by atoms with Gasteiger partial charge in [0.25, 0.3) is 5.56 Å². The van der Waals surface area contributed by atoms with Crippen molar-refractivity contribution in [3.05, 3.63) is 22.4 Å². The number of fused-ring (bicyclic) bond motifs is 1. The molecule has 20 heavy (non-hydrogen) atoms. The topological polar surface area (TPSA) is 118 Å². The Labute approximate surface area is 114 Å². The summed E-state index contributed by atoms with van der Waals surface area (Å²) in [6.45, 7) is 1.96. The lowest BCUT2D eigenvalue weighted by atomic mass is 10.1. The van der Waals surface area contributed by atoms with Crippen LogP contribution in [0, 0.1) is 5.92 Å². The molecule has 0 aromatic carbocycles. The quantitative estimate of drug-likeness (QED) is 0.539. The van der Waals surface area contributed by atoms with Crippen molar-refractivity contribution in [3.8, 4) is 0 Å². The zero-order valence-electron chi connectivity index (χ0n) is 10.9. The van der Waals surface area contributed by atoms with Crippen molar-refractivity contribution in [3.63, 3.8) is 0 Å². The molecular weight excluding hydrogens is 262 g/mol. The number of aliphatic hydroxyl groups excluding tert-OH is 2. The van der Waals surface area contributed by atoms with Gasteiger partial charge in [-0.2, -0.15) is 5.10 Å². The maximum atomic E-state index is 11.5. The lowest BCUT2D eigenvalue weighted by molar-refractivity contribution is 0.103. The number of aromatic amines is 2. The average Bonchev–Trinajstić information content (AvgIpc) is 3.01. The molecule has 8 nitrogen and oxygen atoms in total. The van der Waals surface area contributed by atoms with Gasteiger partial charge in [-0.15, -0.1) is 0 Å². The van der Waals surface area contributed by atoms with Crippen molar-refractivity contribution >= 4 is 11.0 Å². The Bertz CT molecular complexity index is 652. The third kappa shape index (κ3) is 2.33. The minimum atomic E-state index is -0.473. The van der Waals surface area contributed by atoms with E-state index in [1.807, 2.05) is 0 Å². The van der Waals surface area contributed by atoms with Crippen molar-refractivity contribution in [1.29, 1.82) is 0 Å². The molecular formula is C12H17N5O3. The Morgan fingerprint density at radius 2 is 2.25 bits per heavy atom. The van der Waals surface area contributed by atoms with Gasteiger partial charge in [-0.3, -0.25) is 14.8 Å². The van der Waals surface area contributed by atoms with Crippen LogP contribution in [-0.4, -0.2) is 67.6 Å². The molecule has 0 unspecified atom stereocenters. The van der Waals surface area contributed by atoms with Crippen LogP contribution in [0.25, 0.3) is 11.0 Å². The van der Waals surface area contributed by atoms with Crippen LogP contribution in [0.2, 0.25) is 0 Å². The van der Waals surface area contributed by atoms with E-state index < -0.39 is 6.10 Å². The third-order valence-electron chi connectivity index (χ3n) is 3.81. The largest absolute Gasteiger partial charge is 0.396 e. The lowest BCUT2D eigenvalue weighted by Gasteiger charge is -2.14. The van der Waals surface area contributed by atoms with E-state index in [1.165, 1.54) is 6.33 Å². The van der Waals surface area contributed by atoms with Gasteiger partial charge in [-0.25, -0.2) is 4.98 Å². The summed E-state index contributed by atoms with van der Waals surface area (Å²) in [5, 5.41) is 25.7. The van der Waals surface area contributed by atoms with E-state index in [0.717, 1.165) is 12.2 Å². The Kier molecular flexibility index (Phi) is 3.51. The highest BCUT2D eigenvalue weighted by Gasteiger charge is 2.30. The summed E-state index contributed by atoms with van der Waals surface area (Å²) in [7, 11) is 0. The zero-order valence-corrected chi connectivity index (χ0v) is 10.9. The Hall–Kier alpha value is -1.77. The second-order valence-corrected chi connectivity index (χ2v) is 5.15. The van der Waals surface area contributed by atoms with Gasteiger partial charge >= 0.3 is 0 Å². The summed E-state index contributed by atoms with van der Waals surface area (Å²) in [6.07, 6.45) is 1.56. The fourth-order valence-corrected chi connectivity index (χ4v) is 2.64. The molecule has 4 N–H and O–H groups in total. The second-order valence-electron chi connectivity index (χ2n) is 5.15. The summed E-state index contributed by atoms with van der Waals surface area (Å²) in [5.74, 6) is -0.0746. The molecule has 0 amide bonds. The van der Waals surface area contributed by atoms with Crippen LogP contribution >= 0.6 is 0 Å². The smallest absolute Gasteiger partial charge is 0.279 e. The van der Waals surface area contributed by atoms with Crippen molar-refractivity contribution in [2.24, 2.45) is 5.92 Å². The summed E-state index contributed by atoms with van der Waals surface area (Å²) >= 11 is 0. The number of H-pyrrole nitrogens is 2. The molecule has 1 fully saturated rings. The van der Waals surface area contributed by atoms with Crippen LogP contribution in [-0.2, 0) is 6.42 Å². The van der Waals surface area contributed by atoms with Gasteiger partial charge in [0.05, 0.1) is 18.1 Å². The molecule has 0 spiro atoms. The minimum absolute atomic E-state index is 0.00157. The van der Waals surface area contributed by atoms with E-state index in [1.54, 1.807) is 0 Å². The third-order valence-corrected chi connectivity index (χ3v) is 3.81. The van der Waals surface area contributed by atoms with Crippen LogP contribution in [0.15, 0.2) is 11.1 Å². The fourth-order valence-electron chi connectivity index (χ4n) is 2.64. The predicted molar refractivity (Wildman–Crippen MR) is 71.2 cm³/mol. The first kappa shape index (κ1) is 13.2. The molecule has 2 aromatic rings. The van der Waals surface area contributed by atoms with Gasteiger partial charge < -0.3 is 15.2 Å². The van der Waals surface area contributed by atoms with Gasteiger partial charge in [0, 0.05) is 38.6 Å². The molecule has 0 radical (unpaired) electrons. The van der Waals surface area contributed by atoms with Crippen molar-refractivity contribution in [1.82, 2.24) is 25.1 Å². The number of nitrogens with one attached hydrogen (secondary N) is 2. The van der Waals surface area contributed by atoms with Crippen LogP contribution < -0.4 is 5.56 Å². The molecule has 1 aliphatic rings. The summed E-state index contributed by atoms with van der Waals surface area (Å²) in [5.41, 5.74) is 1.46. The van der Waals surface area contributed by atoms with E-state index in [9.17, 15) is 9.90 Å². The highest BCUT2D eigenvalue weighted by molar-refractivity contribution is 5.75. The molecule has 3 heterocycles. The lowest BCUT2D eigenvalue weighted by Crippen LogP contribution is -2.24. The summed E-state index contributed by atoms with van der Waals surface area (Å²) < 4.78 is 0. The number of hydrogen-bond acceptors (Lipinski definition) is 6. The Morgan fingerprint density at radius 1 is 1.40 bits per heavy atom. The molecule has 3 rings (SSSR count). The first-order chi connectivity index (χ1) is 9.69. The monoisotopic (exact) mass is 279 g/mol.